The topological polar surface area (TPSA) is 3.24 Å². The van der Waals surface area contributed by atoms with E-state index in [0.29, 0.717) is 0 Å². The van der Waals surface area contributed by atoms with Gasteiger partial charge in [-0.3, -0.25) is 0 Å². The Morgan fingerprint density at radius 3 is 1.33 bits per heavy atom. The largest absolute Gasteiger partial charge is 0.303 e. The molecule has 0 atom stereocenters. The number of rotatable bonds is 15. The van der Waals surface area contributed by atoms with Crippen LogP contribution in [0.3, 0.4) is 0 Å². The van der Waals surface area contributed by atoms with E-state index in [1.165, 1.54) is 83.8 Å². The standard InChI is InChI=1S/C20H43N/c1-6-7-8-9-10-11-12-13-14-15-16-21(17-19(2)3)18-20(4)5/h19-20H,6-18H2,1-5H3. The van der Waals surface area contributed by atoms with E-state index in [1.807, 2.05) is 0 Å². The van der Waals surface area contributed by atoms with E-state index in [1.54, 1.807) is 0 Å². The molecule has 0 amide bonds. The summed E-state index contributed by atoms with van der Waals surface area (Å²) in [5.74, 6) is 1.60. The van der Waals surface area contributed by atoms with Gasteiger partial charge in [-0.05, 0) is 24.8 Å². The average molecular weight is 298 g/mol. The van der Waals surface area contributed by atoms with Gasteiger partial charge in [-0.25, -0.2) is 0 Å². The second-order valence-electron chi connectivity index (χ2n) is 7.73. The van der Waals surface area contributed by atoms with Gasteiger partial charge >= 0.3 is 0 Å². The molecule has 0 aromatic carbocycles. The molecule has 0 aliphatic heterocycles. The Balaban J connectivity index is 3.44. The molecular weight excluding hydrogens is 254 g/mol. The van der Waals surface area contributed by atoms with Crippen LogP contribution < -0.4 is 0 Å². The molecule has 0 bridgehead atoms. The Kier molecular flexibility index (Phi) is 14.9. The molecule has 1 nitrogen and oxygen atoms in total. The molecule has 0 saturated carbocycles. The summed E-state index contributed by atoms with van der Waals surface area (Å²) in [4.78, 5) is 2.68. The predicted octanol–water partition coefficient (Wildman–Crippen LogP) is 6.52. The third kappa shape index (κ3) is 16.2. The van der Waals surface area contributed by atoms with Crippen molar-refractivity contribution in [2.75, 3.05) is 19.6 Å². The van der Waals surface area contributed by atoms with Gasteiger partial charge < -0.3 is 4.90 Å². The van der Waals surface area contributed by atoms with Gasteiger partial charge in [0.15, 0.2) is 0 Å². The van der Waals surface area contributed by atoms with E-state index in [0.717, 1.165) is 11.8 Å². The minimum absolute atomic E-state index is 0.798. The van der Waals surface area contributed by atoms with Crippen LogP contribution >= 0.6 is 0 Å². The highest BCUT2D eigenvalue weighted by Gasteiger charge is 2.08. The van der Waals surface area contributed by atoms with Crippen molar-refractivity contribution in [3.05, 3.63) is 0 Å². The molecule has 0 saturated heterocycles. The first-order chi connectivity index (χ1) is 10.1. The fourth-order valence-corrected chi connectivity index (χ4v) is 3.11. The van der Waals surface area contributed by atoms with Gasteiger partial charge in [0.2, 0.25) is 0 Å². The molecular formula is C20H43N. The molecule has 21 heavy (non-hydrogen) atoms. The fourth-order valence-electron chi connectivity index (χ4n) is 3.11. The summed E-state index contributed by atoms with van der Waals surface area (Å²) in [7, 11) is 0. The Labute approximate surface area is 135 Å². The summed E-state index contributed by atoms with van der Waals surface area (Å²) in [5, 5.41) is 0. The normalized spacial score (nSPS) is 12.0. The van der Waals surface area contributed by atoms with Crippen molar-refractivity contribution in [3.63, 3.8) is 0 Å². The lowest BCUT2D eigenvalue weighted by molar-refractivity contribution is 0.215. The first kappa shape index (κ1) is 21.0. The third-order valence-corrected chi connectivity index (χ3v) is 4.07. The zero-order chi connectivity index (χ0) is 15.9. The maximum absolute atomic E-state index is 2.68. The Hall–Kier alpha value is -0.0400. The lowest BCUT2D eigenvalue weighted by Gasteiger charge is -2.26. The summed E-state index contributed by atoms with van der Waals surface area (Å²) in [6, 6.07) is 0. The van der Waals surface area contributed by atoms with Crippen LogP contribution in [0.15, 0.2) is 0 Å². The Bertz CT molecular complexity index is 188. The van der Waals surface area contributed by atoms with Gasteiger partial charge in [-0.1, -0.05) is 92.4 Å². The van der Waals surface area contributed by atoms with Crippen LogP contribution in [-0.2, 0) is 0 Å². The van der Waals surface area contributed by atoms with Gasteiger partial charge in [0.1, 0.15) is 0 Å². The van der Waals surface area contributed by atoms with E-state index >= 15 is 0 Å². The number of hydrogen-bond donors (Lipinski definition) is 0. The van der Waals surface area contributed by atoms with Crippen LogP contribution in [0, 0.1) is 11.8 Å². The maximum Gasteiger partial charge on any atom is 0.000449 e. The van der Waals surface area contributed by atoms with E-state index in [2.05, 4.69) is 39.5 Å². The number of unbranched alkanes of at least 4 members (excludes halogenated alkanes) is 9. The summed E-state index contributed by atoms with van der Waals surface area (Å²) in [5.41, 5.74) is 0. The van der Waals surface area contributed by atoms with E-state index < -0.39 is 0 Å². The van der Waals surface area contributed by atoms with Crippen molar-refractivity contribution in [3.8, 4) is 0 Å². The van der Waals surface area contributed by atoms with Crippen LogP contribution in [0.4, 0.5) is 0 Å². The third-order valence-electron chi connectivity index (χ3n) is 4.07. The zero-order valence-corrected chi connectivity index (χ0v) is 15.8. The van der Waals surface area contributed by atoms with Gasteiger partial charge in [-0.2, -0.15) is 0 Å². The van der Waals surface area contributed by atoms with Crippen molar-refractivity contribution in [1.82, 2.24) is 4.90 Å². The minimum Gasteiger partial charge on any atom is -0.303 e. The van der Waals surface area contributed by atoms with Gasteiger partial charge in [-0.15, -0.1) is 0 Å². The quantitative estimate of drug-likeness (QED) is 0.311. The predicted molar refractivity (Wildman–Crippen MR) is 98.0 cm³/mol. The monoisotopic (exact) mass is 297 g/mol. The molecule has 0 N–H and O–H groups in total. The van der Waals surface area contributed by atoms with Crippen molar-refractivity contribution in [2.45, 2.75) is 98.8 Å². The minimum atomic E-state index is 0.798. The lowest BCUT2D eigenvalue weighted by Crippen LogP contribution is -2.32. The summed E-state index contributed by atoms with van der Waals surface area (Å²) >= 11 is 0. The highest BCUT2D eigenvalue weighted by atomic mass is 15.1. The van der Waals surface area contributed by atoms with Crippen molar-refractivity contribution in [1.29, 1.82) is 0 Å². The van der Waals surface area contributed by atoms with Gasteiger partial charge in [0.05, 0.1) is 0 Å². The van der Waals surface area contributed by atoms with Crippen molar-refractivity contribution in [2.24, 2.45) is 11.8 Å². The highest BCUT2D eigenvalue weighted by molar-refractivity contribution is 4.62. The second kappa shape index (κ2) is 14.9. The van der Waals surface area contributed by atoms with E-state index in [-0.39, 0.29) is 0 Å². The molecule has 128 valence electrons. The molecule has 0 aliphatic carbocycles. The van der Waals surface area contributed by atoms with Crippen LogP contribution in [-0.4, -0.2) is 24.5 Å². The molecule has 0 unspecified atom stereocenters. The molecule has 1 heteroatoms. The zero-order valence-electron chi connectivity index (χ0n) is 15.8. The maximum atomic E-state index is 2.68. The summed E-state index contributed by atoms with van der Waals surface area (Å²) in [6.45, 7) is 15.5. The van der Waals surface area contributed by atoms with Gasteiger partial charge in [0.25, 0.3) is 0 Å². The van der Waals surface area contributed by atoms with Crippen LogP contribution in [0.5, 0.6) is 0 Å². The number of hydrogen-bond acceptors (Lipinski definition) is 1. The fraction of sp³-hybridized carbons (Fsp3) is 1.00. The lowest BCUT2D eigenvalue weighted by atomic mass is 10.1. The van der Waals surface area contributed by atoms with E-state index in [4.69, 9.17) is 0 Å². The summed E-state index contributed by atoms with van der Waals surface area (Å²) in [6.07, 6.45) is 14.4. The van der Waals surface area contributed by atoms with Crippen molar-refractivity contribution >= 4 is 0 Å². The van der Waals surface area contributed by atoms with Crippen LogP contribution in [0.1, 0.15) is 98.8 Å². The first-order valence-electron chi connectivity index (χ1n) is 9.78. The Morgan fingerprint density at radius 2 is 0.952 bits per heavy atom. The number of nitrogens with zero attached hydrogens (tertiary/aromatic N) is 1. The average Bonchev–Trinajstić information content (AvgIpc) is 2.39. The molecule has 0 radical (unpaired) electrons. The molecule has 0 aromatic rings. The first-order valence-corrected chi connectivity index (χ1v) is 9.78. The van der Waals surface area contributed by atoms with Crippen molar-refractivity contribution < 1.29 is 0 Å². The second-order valence-corrected chi connectivity index (χ2v) is 7.73. The van der Waals surface area contributed by atoms with E-state index in [9.17, 15) is 0 Å². The smallest absolute Gasteiger partial charge is 0.000449 e. The molecule has 0 aliphatic rings. The Morgan fingerprint density at radius 1 is 0.571 bits per heavy atom. The molecule has 0 spiro atoms. The molecule has 0 heterocycles. The van der Waals surface area contributed by atoms with Crippen LogP contribution in [0.2, 0.25) is 0 Å². The SMILES string of the molecule is CCCCCCCCCCCCN(CC(C)C)CC(C)C. The highest BCUT2D eigenvalue weighted by Crippen LogP contribution is 2.11. The molecule has 0 fully saturated rings. The summed E-state index contributed by atoms with van der Waals surface area (Å²) < 4.78 is 0. The van der Waals surface area contributed by atoms with Crippen LogP contribution in [0.25, 0.3) is 0 Å². The van der Waals surface area contributed by atoms with Gasteiger partial charge in [0, 0.05) is 13.1 Å². The molecule has 0 aromatic heterocycles. The molecule has 0 rings (SSSR count).